The summed E-state index contributed by atoms with van der Waals surface area (Å²) in [6.07, 6.45) is 5.12. The fourth-order valence-corrected chi connectivity index (χ4v) is 3.63. The minimum absolute atomic E-state index is 0.0451. The fourth-order valence-electron chi connectivity index (χ4n) is 3.63. The van der Waals surface area contributed by atoms with Crippen molar-refractivity contribution in [3.8, 4) is 28.0 Å². The first-order chi connectivity index (χ1) is 15.0. The van der Waals surface area contributed by atoms with Crippen LogP contribution in [-0.4, -0.2) is 10.9 Å². The number of Topliss-reactive ketones (excluding diaryl/α,β-unsaturated/α-hetero) is 1. The van der Waals surface area contributed by atoms with Crippen molar-refractivity contribution in [2.24, 2.45) is 0 Å². The molecule has 0 aliphatic heterocycles. The first-order valence-electron chi connectivity index (χ1n) is 10.9. The summed E-state index contributed by atoms with van der Waals surface area (Å²) >= 11 is 0. The lowest BCUT2D eigenvalue weighted by molar-refractivity contribution is 0.0977. The second-order valence-electron chi connectivity index (χ2n) is 7.85. The van der Waals surface area contributed by atoms with E-state index in [-0.39, 0.29) is 28.2 Å². The molecular formula is C27H28F2O2. The lowest BCUT2D eigenvalue weighted by Crippen LogP contribution is -2.00. The lowest BCUT2D eigenvalue weighted by atomic mass is 9.96. The van der Waals surface area contributed by atoms with Gasteiger partial charge in [-0.2, -0.15) is 0 Å². The van der Waals surface area contributed by atoms with E-state index in [2.05, 4.69) is 6.92 Å². The molecule has 3 aromatic rings. The molecule has 0 saturated carbocycles. The Hall–Kier alpha value is -3.01. The van der Waals surface area contributed by atoms with Gasteiger partial charge in [-0.3, -0.25) is 4.79 Å². The number of rotatable bonds is 9. The Bertz CT molecular complexity index is 1060. The molecule has 0 aromatic heterocycles. The molecule has 0 aliphatic carbocycles. The van der Waals surface area contributed by atoms with Gasteiger partial charge in [0.15, 0.2) is 17.4 Å². The van der Waals surface area contributed by atoms with Gasteiger partial charge < -0.3 is 5.11 Å². The maximum Gasteiger partial charge on any atom is 0.167 e. The van der Waals surface area contributed by atoms with E-state index < -0.39 is 11.6 Å². The Morgan fingerprint density at radius 2 is 1.39 bits per heavy atom. The highest BCUT2D eigenvalue weighted by Gasteiger charge is 2.18. The molecule has 0 atom stereocenters. The SMILES string of the molecule is CCCCC(=O)c1ccc(-c2ccc(-c3ccc(CCCC)cc3)c(F)c2F)cc1O. The molecule has 0 aliphatic rings. The van der Waals surface area contributed by atoms with E-state index in [0.717, 1.165) is 32.1 Å². The highest BCUT2D eigenvalue weighted by Crippen LogP contribution is 2.34. The quantitative estimate of drug-likeness (QED) is 0.358. The number of phenolic OH excluding ortho intramolecular Hbond substituents is 1. The standard InChI is InChI=1S/C27H28F2O2/c1-3-5-7-18-9-11-19(12-10-18)21-15-16-22(27(29)26(21)28)20-13-14-23(25(31)17-20)24(30)8-6-4-2/h9-17,31H,3-8H2,1-2H3. The maximum absolute atomic E-state index is 14.9. The van der Waals surface area contributed by atoms with Gasteiger partial charge in [-0.15, -0.1) is 0 Å². The van der Waals surface area contributed by atoms with Crippen LogP contribution in [0.2, 0.25) is 0 Å². The topological polar surface area (TPSA) is 37.3 Å². The summed E-state index contributed by atoms with van der Waals surface area (Å²) in [7, 11) is 0. The maximum atomic E-state index is 14.9. The van der Waals surface area contributed by atoms with Crippen LogP contribution >= 0.6 is 0 Å². The highest BCUT2D eigenvalue weighted by molar-refractivity contribution is 5.99. The number of ketones is 1. The van der Waals surface area contributed by atoms with Gasteiger partial charge in [0.25, 0.3) is 0 Å². The van der Waals surface area contributed by atoms with Crippen molar-refractivity contribution < 1.29 is 18.7 Å². The number of phenols is 1. The summed E-state index contributed by atoms with van der Waals surface area (Å²) in [5.41, 5.74) is 2.55. The number of hydrogen-bond donors (Lipinski definition) is 1. The van der Waals surface area contributed by atoms with Crippen LogP contribution in [0.4, 0.5) is 8.78 Å². The van der Waals surface area contributed by atoms with Crippen molar-refractivity contribution >= 4 is 5.78 Å². The minimum atomic E-state index is -0.975. The van der Waals surface area contributed by atoms with E-state index in [0.29, 0.717) is 17.5 Å². The normalized spacial score (nSPS) is 11.0. The monoisotopic (exact) mass is 422 g/mol. The number of benzene rings is 3. The van der Waals surface area contributed by atoms with E-state index in [1.807, 2.05) is 31.2 Å². The summed E-state index contributed by atoms with van der Waals surface area (Å²) in [6, 6.07) is 14.9. The lowest BCUT2D eigenvalue weighted by Gasteiger charge is -2.11. The number of carbonyl (C=O) groups is 1. The van der Waals surface area contributed by atoms with Gasteiger partial charge in [-0.05, 0) is 48.1 Å². The molecule has 3 rings (SSSR count). The zero-order valence-electron chi connectivity index (χ0n) is 18.1. The largest absolute Gasteiger partial charge is 0.507 e. The van der Waals surface area contributed by atoms with Gasteiger partial charge in [0, 0.05) is 17.5 Å². The molecule has 0 bridgehead atoms. The predicted octanol–water partition coefficient (Wildman–Crippen LogP) is 7.72. The number of aromatic hydroxyl groups is 1. The Morgan fingerprint density at radius 3 is 1.97 bits per heavy atom. The van der Waals surface area contributed by atoms with E-state index in [4.69, 9.17) is 0 Å². The summed E-state index contributed by atoms with van der Waals surface area (Å²) in [5.74, 6) is -2.28. The van der Waals surface area contributed by atoms with Crippen molar-refractivity contribution in [1.82, 2.24) is 0 Å². The zero-order valence-corrected chi connectivity index (χ0v) is 18.1. The number of halogens is 2. The molecule has 0 heterocycles. The third-order valence-corrected chi connectivity index (χ3v) is 5.53. The highest BCUT2D eigenvalue weighted by atomic mass is 19.2. The Morgan fingerprint density at radius 1 is 0.806 bits per heavy atom. The molecular weight excluding hydrogens is 394 g/mol. The summed E-state index contributed by atoms with van der Waals surface area (Å²) in [5, 5.41) is 10.3. The minimum Gasteiger partial charge on any atom is -0.507 e. The van der Waals surface area contributed by atoms with E-state index in [1.54, 1.807) is 12.1 Å². The molecule has 2 nitrogen and oxygen atoms in total. The van der Waals surface area contributed by atoms with Crippen LogP contribution < -0.4 is 0 Å². The van der Waals surface area contributed by atoms with Gasteiger partial charge in [0.2, 0.25) is 0 Å². The summed E-state index contributed by atoms with van der Waals surface area (Å²) < 4.78 is 29.8. The zero-order chi connectivity index (χ0) is 22.4. The van der Waals surface area contributed by atoms with Crippen LogP contribution in [0.3, 0.4) is 0 Å². The van der Waals surface area contributed by atoms with Crippen LogP contribution in [0.15, 0.2) is 54.6 Å². The first-order valence-corrected chi connectivity index (χ1v) is 10.9. The van der Waals surface area contributed by atoms with Crippen molar-refractivity contribution in [2.45, 2.75) is 52.4 Å². The van der Waals surface area contributed by atoms with Crippen LogP contribution in [0.25, 0.3) is 22.3 Å². The molecule has 4 heteroatoms. The molecule has 1 N–H and O–H groups in total. The third kappa shape index (κ3) is 5.19. The van der Waals surface area contributed by atoms with Crippen LogP contribution in [0.1, 0.15) is 61.9 Å². The summed E-state index contributed by atoms with van der Waals surface area (Å²) in [4.78, 5) is 12.2. The van der Waals surface area contributed by atoms with Crippen LogP contribution in [0, 0.1) is 11.6 Å². The van der Waals surface area contributed by atoms with Gasteiger partial charge in [0.1, 0.15) is 5.75 Å². The molecule has 0 unspecified atom stereocenters. The average Bonchev–Trinajstić information content (AvgIpc) is 2.78. The van der Waals surface area contributed by atoms with Gasteiger partial charge >= 0.3 is 0 Å². The molecule has 0 saturated heterocycles. The van der Waals surface area contributed by atoms with Crippen molar-refractivity contribution in [1.29, 1.82) is 0 Å². The van der Waals surface area contributed by atoms with E-state index in [9.17, 15) is 18.7 Å². The molecule has 162 valence electrons. The molecule has 0 radical (unpaired) electrons. The number of unbranched alkanes of at least 4 members (excludes halogenated alkanes) is 2. The van der Waals surface area contributed by atoms with Crippen molar-refractivity contribution in [2.75, 3.05) is 0 Å². The first kappa shape index (κ1) is 22.7. The number of hydrogen-bond acceptors (Lipinski definition) is 2. The van der Waals surface area contributed by atoms with Crippen molar-refractivity contribution in [3.63, 3.8) is 0 Å². The van der Waals surface area contributed by atoms with Crippen molar-refractivity contribution in [3.05, 3.63) is 77.4 Å². The Balaban J connectivity index is 1.88. The van der Waals surface area contributed by atoms with Gasteiger partial charge in [-0.1, -0.05) is 69.2 Å². The van der Waals surface area contributed by atoms with Crippen LogP contribution in [0.5, 0.6) is 5.75 Å². The number of carbonyl (C=O) groups excluding carboxylic acids is 1. The smallest absolute Gasteiger partial charge is 0.167 e. The molecule has 0 amide bonds. The molecule has 0 fully saturated rings. The second-order valence-corrected chi connectivity index (χ2v) is 7.85. The fraction of sp³-hybridized carbons (Fsp3) is 0.296. The predicted molar refractivity (Wildman–Crippen MR) is 121 cm³/mol. The Kier molecular flexibility index (Phi) is 7.56. The number of aryl methyl sites for hydroxylation is 1. The van der Waals surface area contributed by atoms with Crippen LogP contribution in [-0.2, 0) is 6.42 Å². The Labute approximate surface area is 182 Å². The molecule has 0 spiro atoms. The van der Waals surface area contributed by atoms with E-state index >= 15 is 0 Å². The summed E-state index contributed by atoms with van der Waals surface area (Å²) in [6.45, 7) is 4.11. The molecule has 31 heavy (non-hydrogen) atoms. The second kappa shape index (κ2) is 10.3. The average molecular weight is 423 g/mol. The third-order valence-electron chi connectivity index (χ3n) is 5.53. The van der Waals surface area contributed by atoms with E-state index in [1.165, 1.54) is 23.8 Å². The molecule has 3 aromatic carbocycles. The van der Waals surface area contributed by atoms with Gasteiger partial charge in [-0.25, -0.2) is 8.78 Å². The van der Waals surface area contributed by atoms with Gasteiger partial charge in [0.05, 0.1) is 5.56 Å².